The molecule has 0 radical (unpaired) electrons. The number of unbranched alkanes of at least 4 members (excludes halogenated alkanes) is 19. The molecule has 0 aromatic heterocycles. The molecule has 0 heterocycles. The van der Waals surface area contributed by atoms with Crippen molar-refractivity contribution in [1.82, 2.24) is 0 Å². The van der Waals surface area contributed by atoms with Crippen LogP contribution in [0.4, 0.5) is 0 Å². The minimum Gasteiger partial charge on any atom is -0.457 e. The molecule has 52 heavy (non-hydrogen) atoms. The van der Waals surface area contributed by atoms with E-state index in [4.69, 9.17) is 24.3 Å². The monoisotopic (exact) mass is 754 g/mol. The normalized spacial score (nSPS) is 14.0. The molecule has 2 unspecified atom stereocenters. The van der Waals surface area contributed by atoms with E-state index in [0.717, 1.165) is 70.6 Å². The van der Waals surface area contributed by atoms with Crippen molar-refractivity contribution < 1.29 is 32.8 Å². The molecule has 8 nitrogen and oxygen atoms in total. The summed E-state index contributed by atoms with van der Waals surface area (Å²) in [6, 6.07) is 0. The molecule has 9 heteroatoms. The fourth-order valence-electron chi connectivity index (χ4n) is 5.69. The standard InChI is InChI=1S/C43H80NO7P/c1-3-5-7-9-11-13-15-17-19-20-21-23-25-27-29-31-33-35-38-48-40-42(41-50-52(46,47)49-39-37-44)51-43(45)36-34-32-30-28-26-24-22-18-16-14-12-10-8-6-4-2/h5,7,11,13,17,19,21,23,42H,3-4,6,8-10,12,14-16,18,20,22,24-41,44H2,1-2H3,(H,46,47)/b7-5-,13-11-,19-17-,23-21-. The van der Waals surface area contributed by atoms with Crippen molar-refractivity contribution in [3.8, 4) is 0 Å². The lowest BCUT2D eigenvalue weighted by atomic mass is 10.0. The zero-order chi connectivity index (χ0) is 38.1. The van der Waals surface area contributed by atoms with Gasteiger partial charge in [0.15, 0.2) is 0 Å². The molecule has 0 saturated carbocycles. The van der Waals surface area contributed by atoms with Crippen LogP contribution in [-0.4, -0.2) is 49.9 Å². The van der Waals surface area contributed by atoms with Gasteiger partial charge in [0.1, 0.15) is 6.10 Å². The highest BCUT2D eigenvalue weighted by molar-refractivity contribution is 7.47. The number of hydrogen-bond acceptors (Lipinski definition) is 7. The SMILES string of the molecule is CC/C=C\C/C=C\C/C=C\C/C=C\CCCCCCCOCC(COP(=O)(O)OCCN)OC(=O)CCCCCCCCCCCCCCCCC. The Morgan fingerprint density at radius 2 is 1.08 bits per heavy atom. The highest BCUT2D eigenvalue weighted by Gasteiger charge is 2.25. The van der Waals surface area contributed by atoms with Gasteiger partial charge in [-0.3, -0.25) is 13.8 Å². The summed E-state index contributed by atoms with van der Waals surface area (Å²) < 4.78 is 33.4. The summed E-state index contributed by atoms with van der Waals surface area (Å²) in [5.74, 6) is -0.337. The maximum Gasteiger partial charge on any atom is 0.472 e. The number of allylic oxidation sites excluding steroid dienone is 8. The average Bonchev–Trinajstić information content (AvgIpc) is 3.13. The number of hydrogen-bond donors (Lipinski definition) is 2. The highest BCUT2D eigenvalue weighted by atomic mass is 31.2. The van der Waals surface area contributed by atoms with Crippen molar-refractivity contribution >= 4 is 13.8 Å². The molecule has 0 aliphatic carbocycles. The average molecular weight is 754 g/mol. The van der Waals surface area contributed by atoms with Crippen molar-refractivity contribution in [1.29, 1.82) is 0 Å². The van der Waals surface area contributed by atoms with Gasteiger partial charge in [-0.05, 0) is 51.4 Å². The third-order valence-electron chi connectivity index (χ3n) is 8.76. The lowest BCUT2D eigenvalue weighted by molar-refractivity contribution is -0.154. The summed E-state index contributed by atoms with van der Waals surface area (Å²) in [6.45, 7) is 4.77. The van der Waals surface area contributed by atoms with Crippen LogP contribution in [0.2, 0.25) is 0 Å². The molecule has 0 spiro atoms. The quantitative estimate of drug-likeness (QED) is 0.0275. The lowest BCUT2D eigenvalue weighted by Gasteiger charge is -2.20. The number of carbonyl (C=O) groups excluding carboxylic acids is 1. The smallest absolute Gasteiger partial charge is 0.457 e. The third kappa shape index (κ3) is 39.7. The Bertz CT molecular complexity index is 936. The van der Waals surface area contributed by atoms with Gasteiger partial charge >= 0.3 is 13.8 Å². The molecule has 0 aliphatic rings. The molecule has 0 bridgehead atoms. The van der Waals surface area contributed by atoms with Crippen LogP contribution in [0.15, 0.2) is 48.6 Å². The fraction of sp³-hybridized carbons (Fsp3) is 0.791. The van der Waals surface area contributed by atoms with Crippen LogP contribution in [0, 0.1) is 0 Å². The molecule has 0 saturated heterocycles. The molecule has 0 amide bonds. The van der Waals surface area contributed by atoms with Gasteiger partial charge in [0, 0.05) is 19.6 Å². The van der Waals surface area contributed by atoms with Crippen molar-refractivity contribution in [3.63, 3.8) is 0 Å². The van der Waals surface area contributed by atoms with Crippen molar-refractivity contribution in [2.24, 2.45) is 5.73 Å². The maximum absolute atomic E-state index is 12.6. The maximum atomic E-state index is 12.6. The Morgan fingerprint density at radius 1 is 0.596 bits per heavy atom. The molecule has 0 aromatic rings. The first-order valence-corrected chi connectivity index (χ1v) is 22.6. The molecular weight excluding hydrogens is 673 g/mol. The van der Waals surface area contributed by atoms with E-state index in [1.165, 1.54) is 89.9 Å². The predicted octanol–water partition coefficient (Wildman–Crippen LogP) is 12.4. The minimum absolute atomic E-state index is 0.0964. The molecule has 0 fully saturated rings. The topological polar surface area (TPSA) is 117 Å². The second-order valence-electron chi connectivity index (χ2n) is 13.8. The van der Waals surface area contributed by atoms with Gasteiger partial charge in [0.2, 0.25) is 0 Å². The van der Waals surface area contributed by atoms with Crippen LogP contribution in [-0.2, 0) is 27.9 Å². The number of nitrogens with two attached hydrogens (primary N) is 1. The van der Waals surface area contributed by atoms with Crippen LogP contribution in [0.1, 0.15) is 181 Å². The Hall–Kier alpha value is -1.54. The van der Waals surface area contributed by atoms with Gasteiger partial charge in [0.05, 0.1) is 19.8 Å². The number of phosphoric acid groups is 1. The Kier molecular flexibility index (Phi) is 39.4. The van der Waals surface area contributed by atoms with E-state index < -0.39 is 13.9 Å². The summed E-state index contributed by atoms with van der Waals surface area (Å²) in [5.41, 5.74) is 5.36. The van der Waals surface area contributed by atoms with Crippen molar-refractivity contribution in [3.05, 3.63) is 48.6 Å². The van der Waals surface area contributed by atoms with E-state index in [1.54, 1.807) is 0 Å². The summed E-state index contributed by atoms with van der Waals surface area (Å²) in [7, 11) is -4.28. The zero-order valence-electron chi connectivity index (χ0n) is 33.5. The van der Waals surface area contributed by atoms with Gasteiger partial charge in [-0.25, -0.2) is 4.57 Å². The largest absolute Gasteiger partial charge is 0.472 e. The van der Waals surface area contributed by atoms with Crippen LogP contribution in [0.5, 0.6) is 0 Å². The van der Waals surface area contributed by atoms with E-state index in [1.807, 2.05) is 0 Å². The second kappa shape index (κ2) is 40.6. The molecule has 3 N–H and O–H groups in total. The van der Waals surface area contributed by atoms with E-state index in [-0.39, 0.29) is 32.3 Å². The molecule has 304 valence electrons. The zero-order valence-corrected chi connectivity index (χ0v) is 34.4. The minimum atomic E-state index is -4.28. The van der Waals surface area contributed by atoms with Crippen LogP contribution < -0.4 is 5.73 Å². The van der Waals surface area contributed by atoms with Gasteiger partial charge < -0.3 is 20.1 Å². The molecule has 2 atom stereocenters. The summed E-state index contributed by atoms with van der Waals surface area (Å²) >= 11 is 0. The van der Waals surface area contributed by atoms with E-state index in [0.29, 0.717) is 13.0 Å². The van der Waals surface area contributed by atoms with E-state index >= 15 is 0 Å². The van der Waals surface area contributed by atoms with E-state index in [2.05, 4.69) is 62.5 Å². The predicted molar refractivity (Wildman–Crippen MR) is 219 cm³/mol. The molecule has 0 aromatic carbocycles. The van der Waals surface area contributed by atoms with Crippen molar-refractivity contribution in [2.75, 3.05) is 33.0 Å². The first-order chi connectivity index (χ1) is 25.4. The van der Waals surface area contributed by atoms with Crippen LogP contribution >= 0.6 is 7.82 Å². The van der Waals surface area contributed by atoms with E-state index in [9.17, 15) is 14.3 Å². The third-order valence-corrected chi connectivity index (χ3v) is 9.74. The van der Waals surface area contributed by atoms with Gasteiger partial charge in [-0.2, -0.15) is 0 Å². The number of rotatable bonds is 40. The summed E-state index contributed by atoms with van der Waals surface area (Å²) in [4.78, 5) is 22.5. The Morgan fingerprint density at radius 3 is 1.62 bits per heavy atom. The number of ether oxygens (including phenoxy) is 2. The first kappa shape index (κ1) is 50.5. The molecular formula is C43H80NO7P. The molecule has 0 rings (SSSR count). The van der Waals surface area contributed by atoms with Gasteiger partial charge in [0.25, 0.3) is 0 Å². The summed E-state index contributed by atoms with van der Waals surface area (Å²) in [5, 5.41) is 0. The van der Waals surface area contributed by atoms with Gasteiger partial charge in [-0.15, -0.1) is 0 Å². The number of carbonyl (C=O) groups is 1. The summed E-state index contributed by atoms with van der Waals surface area (Å²) in [6.07, 6.45) is 46.9. The molecule has 0 aliphatic heterocycles. The lowest BCUT2D eigenvalue weighted by Crippen LogP contribution is -2.28. The highest BCUT2D eigenvalue weighted by Crippen LogP contribution is 2.43. The number of esters is 1. The van der Waals surface area contributed by atoms with Gasteiger partial charge in [-0.1, -0.05) is 172 Å². The first-order valence-electron chi connectivity index (χ1n) is 21.1. The number of phosphoric ester groups is 1. The van der Waals surface area contributed by atoms with Crippen molar-refractivity contribution in [2.45, 2.75) is 187 Å². The Labute approximate surface area is 320 Å². The fourth-order valence-corrected chi connectivity index (χ4v) is 6.46. The van der Waals surface area contributed by atoms with Crippen LogP contribution in [0.25, 0.3) is 0 Å². The Balaban J connectivity index is 4.07. The second-order valence-corrected chi connectivity index (χ2v) is 15.3. The van der Waals surface area contributed by atoms with Crippen LogP contribution in [0.3, 0.4) is 0 Å².